The van der Waals surface area contributed by atoms with Crippen LogP contribution in [-0.2, 0) is 0 Å². The third-order valence-electron chi connectivity index (χ3n) is 3.28. The van der Waals surface area contributed by atoms with Gasteiger partial charge in [-0.05, 0) is 37.2 Å². The molecule has 5 heteroatoms. The highest BCUT2D eigenvalue weighted by atomic mass is 35.5. The lowest BCUT2D eigenvalue weighted by molar-refractivity contribution is 0.473. The number of benzene rings is 1. The van der Waals surface area contributed by atoms with E-state index in [2.05, 4.69) is 12.2 Å². The van der Waals surface area contributed by atoms with Gasteiger partial charge in [-0.15, -0.1) is 11.3 Å². The quantitative estimate of drug-likeness (QED) is 0.626. The average Bonchev–Trinajstić information content (AvgIpc) is 3.07. The van der Waals surface area contributed by atoms with Gasteiger partial charge < -0.3 is 9.73 Å². The van der Waals surface area contributed by atoms with E-state index in [1.165, 1.54) is 0 Å². The molecule has 21 heavy (non-hydrogen) atoms. The van der Waals surface area contributed by atoms with Gasteiger partial charge in [0.05, 0.1) is 9.36 Å². The van der Waals surface area contributed by atoms with Crippen molar-refractivity contribution in [2.24, 2.45) is 0 Å². The van der Waals surface area contributed by atoms with Crippen LogP contribution in [0, 0.1) is 0 Å². The molecule has 1 aromatic carbocycles. The molecule has 1 unspecified atom stereocenters. The number of rotatable bonds is 5. The van der Waals surface area contributed by atoms with Gasteiger partial charge in [-0.25, -0.2) is 0 Å². The first-order valence-electron chi connectivity index (χ1n) is 6.85. The molecule has 2 aromatic heterocycles. The Morgan fingerprint density at radius 3 is 2.76 bits per heavy atom. The Balaban J connectivity index is 2.03. The van der Waals surface area contributed by atoms with Crippen molar-refractivity contribution in [2.75, 3.05) is 6.54 Å². The average molecular weight is 340 g/mol. The summed E-state index contributed by atoms with van der Waals surface area (Å²) in [5.41, 5.74) is 0.736. The normalized spacial score (nSPS) is 12.9. The highest BCUT2D eigenvalue weighted by molar-refractivity contribution is 7.16. The zero-order valence-electron chi connectivity index (χ0n) is 11.5. The van der Waals surface area contributed by atoms with Gasteiger partial charge in [0.25, 0.3) is 0 Å². The molecule has 110 valence electrons. The van der Waals surface area contributed by atoms with Crippen molar-refractivity contribution >= 4 is 45.5 Å². The smallest absolute Gasteiger partial charge is 0.152 e. The number of thiophene rings is 1. The van der Waals surface area contributed by atoms with E-state index in [1.807, 2.05) is 36.4 Å². The SMILES string of the molecule is CCCNC(c1cc2cccc(Cl)c2o1)c1ccc(Cl)s1. The van der Waals surface area contributed by atoms with Gasteiger partial charge in [0, 0.05) is 10.3 Å². The fourth-order valence-electron chi connectivity index (χ4n) is 2.30. The number of para-hydroxylation sites is 1. The molecule has 1 N–H and O–H groups in total. The van der Waals surface area contributed by atoms with Gasteiger partial charge in [0.15, 0.2) is 5.58 Å². The van der Waals surface area contributed by atoms with Crippen LogP contribution in [0.25, 0.3) is 11.0 Å². The number of furan rings is 1. The molecule has 3 aromatic rings. The Bertz CT molecular complexity index is 750. The van der Waals surface area contributed by atoms with Crippen molar-refractivity contribution in [3.63, 3.8) is 0 Å². The van der Waals surface area contributed by atoms with Gasteiger partial charge in [-0.1, -0.05) is 42.3 Å². The van der Waals surface area contributed by atoms with E-state index in [4.69, 9.17) is 27.6 Å². The molecule has 2 nitrogen and oxygen atoms in total. The second-order valence-corrected chi connectivity index (χ2v) is 6.99. The van der Waals surface area contributed by atoms with Gasteiger partial charge in [0.1, 0.15) is 11.8 Å². The second-order valence-electron chi connectivity index (χ2n) is 4.84. The van der Waals surface area contributed by atoms with E-state index in [1.54, 1.807) is 11.3 Å². The van der Waals surface area contributed by atoms with Gasteiger partial charge in [-0.3, -0.25) is 0 Å². The van der Waals surface area contributed by atoms with Crippen molar-refractivity contribution in [2.45, 2.75) is 19.4 Å². The third-order valence-corrected chi connectivity index (χ3v) is 4.87. The summed E-state index contributed by atoms with van der Waals surface area (Å²) in [7, 11) is 0. The van der Waals surface area contributed by atoms with Gasteiger partial charge in [0.2, 0.25) is 0 Å². The molecular weight excluding hydrogens is 325 g/mol. The van der Waals surface area contributed by atoms with Crippen molar-refractivity contribution in [1.29, 1.82) is 0 Å². The summed E-state index contributed by atoms with van der Waals surface area (Å²) in [5.74, 6) is 0.866. The first kappa shape index (κ1) is 14.9. The largest absolute Gasteiger partial charge is 0.457 e. The van der Waals surface area contributed by atoms with Crippen LogP contribution >= 0.6 is 34.5 Å². The highest BCUT2D eigenvalue weighted by Gasteiger charge is 2.20. The lowest BCUT2D eigenvalue weighted by Gasteiger charge is -2.14. The minimum atomic E-state index is 0.00548. The fourth-order valence-corrected chi connectivity index (χ4v) is 3.67. The van der Waals surface area contributed by atoms with Crippen molar-refractivity contribution < 1.29 is 4.42 Å². The lowest BCUT2D eigenvalue weighted by atomic mass is 10.1. The monoisotopic (exact) mass is 339 g/mol. The van der Waals surface area contributed by atoms with E-state index < -0.39 is 0 Å². The van der Waals surface area contributed by atoms with Crippen molar-refractivity contribution in [3.8, 4) is 0 Å². The molecule has 2 heterocycles. The van der Waals surface area contributed by atoms with Crippen LogP contribution in [0.5, 0.6) is 0 Å². The molecule has 0 aliphatic rings. The summed E-state index contributed by atoms with van der Waals surface area (Å²) >= 11 is 13.8. The molecule has 0 radical (unpaired) electrons. The van der Waals surface area contributed by atoms with Crippen LogP contribution in [-0.4, -0.2) is 6.54 Å². The van der Waals surface area contributed by atoms with Crippen molar-refractivity contribution in [3.05, 3.63) is 56.4 Å². The standard InChI is InChI=1S/C16H15Cl2NOS/c1-2-8-19-15(13-6-7-14(18)21-13)12-9-10-4-3-5-11(17)16(10)20-12/h3-7,9,15,19H,2,8H2,1H3. The maximum Gasteiger partial charge on any atom is 0.152 e. The van der Waals surface area contributed by atoms with Gasteiger partial charge >= 0.3 is 0 Å². The summed E-state index contributed by atoms with van der Waals surface area (Å²) < 4.78 is 6.77. The lowest BCUT2D eigenvalue weighted by Crippen LogP contribution is -2.21. The van der Waals surface area contributed by atoms with Gasteiger partial charge in [-0.2, -0.15) is 0 Å². The van der Waals surface area contributed by atoms with Crippen molar-refractivity contribution in [1.82, 2.24) is 5.32 Å². The number of halogens is 2. The second kappa shape index (κ2) is 6.41. The maximum absolute atomic E-state index is 6.20. The zero-order valence-corrected chi connectivity index (χ0v) is 13.9. The van der Waals surface area contributed by atoms with Crippen LogP contribution in [0.3, 0.4) is 0 Å². The topological polar surface area (TPSA) is 25.2 Å². The fraction of sp³-hybridized carbons (Fsp3) is 0.250. The Labute approximate surface area is 137 Å². The van der Waals surface area contributed by atoms with E-state index in [-0.39, 0.29) is 6.04 Å². The third kappa shape index (κ3) is 3.11. The maximum atomic E-state index is 6.20. The molecule has 0 amide bonds. The minimum Gasteiger partial charge on any atom is -0.457 e. The van der Waals surface area contributed by atoms with E-state index in [0.717, 1.165) is 38.9 Å². The molecule has 0 saturated carbocycles. The number of hydrogen-bond acceptors (Lipinski definition) is 3. The molecule has 0 bridgehead atoms. The van der Waals surface area contributed by atoms with E-state index in [0.29, 0.717) is 5.02 Å². The zero-order chi connectivity index (χ0) is 14.8. The minimum absolute atomic E-state index is 0.00548. The van der Waals surface area contributed by atoms with Crippen LogP contribution in [0.2, 0.25) is 9.36 Å². The Morgan fingerprint density at radius 1 is 1.24 bits per heavy atom. The van der Waals surface area contributed by atoms with E-state index in [9.17, 15) is 0 Å². The predicted octanol–water partition coefficient (Wildman–Crippen LogP) is 5.89. The summed E-state index contributed by atoms with van der Waals surface area (Å²) in [6.45, 7) is 3.05. The molecule has 0 saturated heterocycles. The van der Waals surface area contributed by atoms with E-state index >= 15 is 0 Å². The molecule has 0 fully saturated rings. The van der Waals surface area contributed by atoms with Crippen LogP contribution in [0.15, 0.2) is 40.8 Å². The summed E-state index contributed by atoms with van der Waals surface area (Å²) in [6, 6.07) is 11.8. The molecule has 1 atom stereocenters. The van der Waals surface area contributed by atoms with Crippen LogP contribution < -0.4 is 5.32 Å². The summed E-state index contributed by atoms with van der Waals surface area (Å²) in [4.78, 5) is 1.14. The van der Waals surface area contributed by atoms with Crippen LogP contribution in [0.1, 0.15) is 30.0 Å². The summed E-state index contributed by atoms with van der Waals surface area (Å²) in [5, 5.41) is 5.16. The Kier molecular flexibility index (Phi) is 4.55. The predicted molar refractivity (Wildman–Crippen MR) is 90.7 cm³/mol. The molecule has 0 spiro atoms. The number of nitrogens with one attached hydrogen (secondary N) is 1. The molecule has 0 aliphatic heterocycles. The number of hydrogen-bond donors (Lipinski definition) is 1. The molecular formula is C16H15Cl2NOS. The molecule has 0 aliphatic carbocycles. The molecule has 3 rings (SSSR count). The summed E-state index contributed by atoms with van der Waals surface area (Å²) in [6.07, 6.45) is 1.05. The Hall–Kier alpha value is -1.000. The first-order chi connectivity index (χ1) is 10.2. The Morgan fingerprint density at radius 2 is 2.10 bits per heavy atom. The number of fused-ring (bicyclic) bond motifs is 1. The first-order valence-corrected chi connectivity index (χ1v) is 8.43. The highest BCUT2D eigenvalue weighted by Crippen LogP contribution is 2.35. The van der Waals surface area contributed by atoms with Crippen LogP contribution in [0.4, 0.5) is 0 Å².